The van der Waals surface area contributed by atoms with Gasteiger partial charge in [-0.3, -0.25) is 4.90 Å². The number of carboxylic acid groups (broad SMARTS) is 1. The normalized spacial score (nSPS) is 20.6. The fraction of sp³-hybridized carbons (Fsp3) is 0.333. The van der Waals surface area contributed by atoms with Crippen LogP contribution in [0.1, 0.15) is 51.2 Å². The minimum atomic E-state index is -0.863. The highest BCUT2D eigenvalue weighted by Crippen LogP contribution is 2.50. The van der Waals surface area contributed by atoms with E-state index in [0.717, 1.165) is 53.1 Å². The van der Waals surface area contributed by atoms with E-state index in [0.29, 0.717) is 0 Å². The molecule has 188 valence electrons. The van der Waals surface area contributed by atoms with Crippen LogP contribution in [0.15, 0.2) is 83.1 Å². The number of hydrogen-bond donors (Lipinski definition) is 1. The van der Waals surface area contributed by atoms with Crippen LogP contribution in [0.3, 0.4) is 0 Å². The molecule has 2 aromatic rings. The molecule has 5 rings (SSSR count). The number of rotatable bonds is 5. The van der Waals surface area contributed by atoms with E-state index < -0.39 is 17.2 Å². The van der Waals surface area contributed by atoms with Crippen LogP contribution in [0.25, 0.3) is 5.70 Å². The molecule has 6 heteroatoms. The summed E-state index contributed by atoms with van der Waals surface area (Å²) < 4.78 is 6.01. The molecular formula is C30H34N2O3S. The van der Waals surface area contributed by atoms with Gasteiger partial charge in [-0.15, -0.1) is 0 Å². The molecule has 0 radical (unpaired) electrons. The van der Waals surface area contributed by atoms with Crippen LogP contribution < -0.4 is 4.90 Å². The number of fused-ring (bicyclic) bond motifs is 1. The molecule has 1 atom stereocenters. The first kappa shape index (κ1) is 24.4. The Kier molecular flexibility index (Phi) is 6.11. The van der Waals surface area contributed by atoms with Crippen molar-refractivity contribution in [3.05, 3.63) is 94.2 Å². The van der Waals surface area contributed by atoms with Gasteiger partial charge in [0, 0.05) is 33.5 Å². The van der Waals surface area contributed by atoms with Gasteiger partial charge in [0.15, 0.2) is 5.76 Å². The molecule has 36 heavy (non-hydrogen) atoms. The molecular weight excluding hydrogens is 468 g/mol. The van der Waals surface area contributed by atoms with Crippen LogP contribution in [0.2, 0.25) is 0 Å². The molecule has 2 aliphatic heterocycles. The van der Waals surface area contributed by atoms with Gasteiger partial charge in [0.1, 0.15) is 0 Å². The summed E-state index contributed by atoms with van der Waals surface area (Å²) in [5, 5.41) is 12.4. The van der Waals surface area contributed by atoms with E-state index >= 15 is 0 Å². The zero-order valence-electron chi connectivity index (χ0n) is 21.6. The molecule has 5 nitrogen and oxygen atoms in total. The molecule has 1 N–H and O–H groups in total. The summed E-state index contributed by atoms with van der Waals surface area (Å²) in [5.41, 5.74) is 4.34. The number of benzene rings is 2. The molecule has 1 amide bonds. The number of ether oxygens (including phenoxy) is 1. The highest BCUT2D eigenvalue weighted by Gasteiger charge is 2.50. The topological polar surface area (TPSA) is 53.0 Å². The summed E-state index contributed by atoms with van der Waals surface area (Å²) in [7, 11) is 1.74. The number of methoxy groups -OCH3 is 1. The van der Waals surface area contributed by atoms with E-state index in [1.54, 1.807) is 12.0 Å². The molecule has 1 aliphatic carbocycles. The van der Waals surface area contributed by atoms with Crippen LogP contribution in [0.4, 0.5) is 10.5 Å². The molecule has 0 spiro atoms. The van der Waals surface area contributed by atoms with Crippen molar-refractivity contribution in [2.75, 3.05) is 18.3 Å². The van der Waals surface area contributed by atoms with Crippen LogP contribution in [-0.2, 0) is 10.3 Å². The first-order valence-electron chi connectivity index (χ1n) is 12.4. The maximum absolute atomic E-state index is 12.4. The van der Waals surface area contributed by atoms with Gasteiger partial charge in [0.05, 0.1) is 18.3 Å². The minimum absolute atomic E-state index is 0.00606. The third-order valence-electron chi connectivity index (χ3n) is 7.40. The third-order valence-corrected chi connectivity index (χ3v) is 8.97. The molecule has 3 aliphatic rings. The van der Waals surface area contributed by atoms with Crippen molar-refractivity contribution in [1.29, 1.82) is 0 Å². The van der Waals surface area contributed by atoms with E-state index in [2.05, 4.69) is 65.2 Å². The summed E-state index contributed by atoms with van der Waals surface area (Å²) in [6.07, 6.45) is 8.48. The van der Waals surface area contributed by atoms with Crippen molar-refractivity contribution in [2.45, 2.75) is 51.1 Å². The van der Waals surface area contributed by atoms with Gasteiger partial charge >= 0.3 is 6.09 Å². The average molecular weight is 503 g/mol. The minimum Gasteiger partial charge on any atom is -0.494 e. The highest BCUT2D eigenvalue weighted by atomic mass is 32.2. The summed E-state index contributed by atoms with van der Waals surface area (Å²) >= 11 is 0. The van der Waals surface area contributed by atoms with Gasteiger partial charge < -0.3 is 14.7 Å². The quantitative estimate of drug-likeness (QED) is 0.441. The molecule has 1 saturated carbocycles. The number of carbonyl (C=O) groups is 1. The van der Waals surface area contributed by atoms with Gasteiger partial charge in [-0.2, -0.15) is 10.5 Å². The van der Waals surface area contributed by atoms with Crippen molar-refractivity contribution in [3.8, 4) is 0 Å². The monoisotopic (exact) mass is 502 g/mol. The summed E-state index contributed by atoms with van der Waals surface area (Å²) in [4.78, 5) is 17.5. The van der Waals surface area contributed by atoms with Crippen molar-refractivity contribution < 1.29 is 14.6 Å². The van der Waals surface area contributed by atoms with E-state index in [1.807, 2.05) is 39.0 Å². The lowest BCUT2D eigenvalue weighted by Gasteiger charge is -2.54. The second-order valence-electron chi connectivity index (χ2n) is 10.6. The summed E-state index contributed by atoms with van der Waals surface area (Å²) in [6, 6.07) is 18.8. The zero-order valence-corrected chi connectivity index (χ0v) is 22.4. The Bertz CT molecular complexity index is 1310. The van der Waals surface area contributed by atoms with Gasteiger partial charge in [0.2, 0.25) is 0 Å². The lowest BCUT2D eigenvalue weighted by Crippen LogP contribution is -2.60. The maximum atomic E-state index is 12.4. The first-order valence-corrected chi connectivity index (χ1v) is 14.1. The van der Waals surface area contributed by atoms with E-state index in [-0.39, 0.29) is 10.5 Å². The van der Waals surface area contributed by atoms with E-state index in [1.165, 1.54) is 4.91 Å². The standard InChI is InChI=1S/C30H34N2O3S/c1-29(2,3)32(28(33)34)30(17-9-18-30)22-12-14-23(15-13-22)31-20-25-24(16-19-36(25)5)27(35-4)26(31)21-10-7-6-8-11-21/h6-8,10-16,19-20H,9,17-18H2,1-5H3,(H,33,34). The Hall–Kier alpha value is -3.25. The molecule has 0 bridgehead atoms. The Balaban J connectivity index is 1.60. The molecule has 2 heterocycles. The lowest BCUT2D eigenvalue weighted by atomic mass is 9.69. The second-order valence-corrected chi connectivity index (χ2v) is 12.4. The van der Waals surface area contributed by atoms with Gasteiger partial charge in [-0.1, -0.05) is 42.5 Å². The first-order chi connectivity index (χ1) is 17.2. The SMILES string of the molecule is COC1=C(c2ccccc2)N(c2ccc(C3(N(C(=O)O)C(C)(C)C)CCC3)cc2)C=C2C1=CC=S2C. The largest absolute Gasteiger partial charge is 0.494 e. The van der Waals surface area contributed by atoms with Crippen molar-refractivity contribution in [1.82, 2.24) is 4.90 Å². The second kappa shape index (κ2) is 9.00. The Labute approximate surface area is 216 Å². The van der Waals surface area contributed by atoms with Crippen molar-refractivity contribution >= 4 is 33.3 Å². The summed E-state index contributed by atoms with van der Waals surface area (Å²) in [6.45, 7) is 5.93. The number of allylic oxidation sites excluding steroid dienone is 2. The van der Waals surface area contributed by atoms with Gasteiger partial charge in [-0.05, 0) is 75.4 Å². The Morgan fingerprint density at radius 2 is 1.75 bits per heavy atom. The van der Waals surface area contributed by atoms with Gasteiger partial charge in [-0.25, -0.2) is 4.79 Å². The smallest absolute Gasteiger partial charge is 0.408 e. The van der Waals surface area contributed by atoms with Crippen molar-refractivity contribution in [3.63, 3.8) is 0 Å². The van der Waals surface area contributed by atoms with Crippen LogP contribution in [-0.4, -0.2) is 40.4 Å². The number of hydrogen-bond acceptors (Lipinski definition) is 3. The maximum Gasteiger partial charge on any atom is 0.408 e. The van der Waals surface area contributed by atoms with Crippen LogP contribution in [0, 0.1) is 0 Å². The zero-order chi connectivity index (χ0) is 25.7. The fourth-order valence-electron chi connectivity index (χ4n) is 5.73. The van der Waals surface area contributed by atoms with Crippen LogP contribution >= 0.6 is 10.5 Å². The molecule has 0 aromatic heterocycles. The van der Waals surface area contributed by atoms with Gasteiger partial charge in [0.25, 0.3) is 0 Å². The lowest BCUT2D eigenvalue weighted by molar-refractivity contribution is -0.0327. The number of anilines is 1. The Morgan fingerprint density at radius 3 is 2.28 bits per heavy atom. The van der Waals surface area contributed by atoms with Crippen molar-refractivity contribution in [2.24, 2.45) is 0 Å². The number of nitrogens with zero attached hydrogens (tertiary/aromatic N) is 2. The molecule has 2 aromatic carbocycles. The highest BCUT2D eigenvalue weighted by molar-refractivity contribution is 8.18. The predicted octanol–water partition coefficient (Wildman–Crippen LogP) is 7.16. The fourth-order valence-corrected chi connectivity index (χ4v) is 7.00. The summed E-state index contributed by atoms with van der Waals surface area (Å²) in [5.74, 6) is 0.871. The van der Waals surface area contributed by atoms with E-state index in [4.69, 9.17) is 4.74 Å². The third kappa shape index (κ3) is 3.88. The average Bonchev–Trinajstić information content (AvgIpc) is 3.20. The number of amides is 1. The Morgan fingerprint density at radius 1 is 1.08 bits per heavy atom. The predicted molar refractivity (Wildman–Crippen MR) is 150 cm³/mol. The van der Waals surface area contributed by atoms with Crippen LogP contribution in [0.5, 0.6) is 0 Å². The molecule has 0 saturated heterocycles. The van der Waals surface area contributed by atoms with E-state index in [9.17, 15) is 9.90 Å². The molecule has 1 unspecified atom stereocenters. The molecule has 1 fully saturated rings.